The minimum atomic E-state index is 0. The SMILES string of the molecule is CN=C(NCc1cccc(OC)n1)NC1CCN(c2cccc(Cl)c2)C1.I. The van der Waals surface area contributed by atoms with Crippen molar-refractivity contribution in [2.45, 2.75) is 19.0 Å². The number of halogens is 2. The summed E-state index contributed by atoms with van der Waals surface area (Å²) in [5.41, 5.74) is 2.06. The van der Waals surface area contributed by atoms with Gasteiger partial charge >= 0.3 is 0 Å². The van der Waals surface area contributed by atoms with Crippen LogP contribution in [0.4, 0.5) is 5.69 Å². The van der Waals surface area contributed by atoms with Crippen molar-refractivity contribution >= 4 is 47.2 Å². The molecule has 8 heteroatoms. The third-order valence-electron chi connectivity index (χ3n) is 4.35. The van der Waals surface area contributed by atoms with Gasteiger partial charge in [0.05, 0.1) is 19.3 Å². The monoisotopic (exact) mass is 501 g/mol. The number of aromatic nitrogens is 1. The molecular formula is C19H25ClIN5O. The predicted molar refractivity (Wildman–Crippen MR) is 122 cm³/mol. The summed E-state index contributed by atoms with van der Waals surface area (Å²) >= 11 is 6.10. The summed E-state index contributed by atoms with van der Waals surface area (Å²) in [6.07, 6.45) is 1.05. The van der Waals surface area contributed by atoms with Gasteiger partial charge in [0.2, 0.25) is 5.88 Å². The van der Waals surface area contributed by atoms with Crippen molar-refractivity contribution < 1.29 is 4.74 Å². The number of nitrogens with one attached hydrogen (secondary N) is 2. The van der Waals surface area contributed by atoms with Crippen LogP contribution in [-0.2, 0) is 6.54 Å². The fourth-order valence-corrected chi connectivity index (χ4v) is 3.20. The Morgan fingerprint density at radius 3 is 2.89 bits per heavy atom. The quantitative estimate of drug-likeness (QED) is 0.374. The van der Waals surface area contributed by atoms with Crippen molar-refractivity contribution in [1.82, 2.24) is 15.6 Å². The molecule has 0 saturated carbocycles. The average Bonchev–Trinajstić information content (AvgIpc) is 3.14. The highest BCUT2D eigenvalue weighted by molar-refractivity contribution is 14.0. The molecule has 2 N–H and O–H groups in total. The number of methoxy groups -OCH3 is 1. The van der Waals surface area contributed by atoms with Crippen molar-refractivity contribution in [2.75, 3.05) is 32.1 Å². The first-order valence-corrected chi connectivity index (χ1v) is 9.03. The van der Waals surface area contributed by atoms with Crippen LogP contribution in [0.3, 0.4) is 0 Å². The molecule has 1 aliphatic rings. The molecule has 2 aromatic rings. The van der Waals surface area contributed by atoms with Crippen LogP contribution in [0.15, 0.2) is 47.5 Å². The van der Waals surface area contributed by atoms with Crippen LogP contribution in [0.5, 0.6) is 5.88 Å². The first-order valence-electron chi connectivity index (χ1n) is 8.65. The molecule has 0 spiro atoms. The topological polar surface area (TPSA) is 61.8 Å². The summed E-state index contributed by atoms with van der Waals surface area (Å²) in [7, 11) is 3.39. The number of rotatable bonds is 5. The van der Waals surface area contributed by atoms with E-state index < -0.39 is 0 Å². The molecule has 2 heterocycles. The smallest absolute Gasteiger partial charge is 0.213 e. The van der Waals surface area contributed by atoms with Crippen molar-refractivity contribution in [3.63, 3.8) is 0 Å². The molecule has 1 aromatic carbocycles. The maximum Gasteiger partial charge on any atom is 0.213 e. The Hall–Kier alpha value is -1.74. The van der Waals surface area contributed by atoms with Crippen LogP contribution >= 0.6 is 35.6 Å². The second kappa shape index (κ2) is 10.6. The maximum absolute atomic E-state index is 6.10. The minimum Gasteiger partial charge on any atom is -0.481 e. The number of pyridine rings is 1. The lowest BCUT2D eigenvalue weighted by atomic mass is 10.2. The lowest BCUT2D eigenvalue weighted by molar-refractivity contribution is 0.396. The van der Waals surface area contributed by atoms with Gasteiger partial charge in [-0.3, -0.25) is 4.99 Å². The van der Waals surface area contributed by atoms with Crippen LogP contribution < -0.4 is 20.3 Å². The fraction of sp³-hybridized carbons (Fsp3) is 0.368. The third-order valence-corrected chi connectivity index (χ3v) is 4.59. The van der Waals surface area contributed by atoms with E-state index >= 15 is 0 Å². The normalized spacial score (nSPS) is 16.6. The summed E-state index contributed by atoms with van der Waals surface area (Å²) in [5, 5.41) is 7.56. The lowest BCUT2D eigenvalue weighted by Crippen LogP contribution is -2.44. The Morgan fingerprint density at radius 1 is 1.33 bits per heavy atom. The second-order valence-corrected chi connectivity index (χ2v) is 6.59. The van der Waals surface area contributed by atoms with Crippen LogP contribution in [0.1, 0.15) is 12.1 Å². The average molecular weight is 502 g/mol. The van der Waals surface area contributed by atoms with E-state index in [0.717, 1.165) is 41.9 Å². The molecule has 6 nitrogen and oxygen atoms in total. The number of nitrogens with zero attached hydrogens (tertiary/aromatic N) is 3. The molecule has 1 aliphatic heterocycles. The first-order chi connectivity index (χ1) is 12.7. The summed E-state index contributed by atoms with van der Waals surface area (Å²) in [4.78, 5) is 11.1. The van der Waals surface area contributed by atoms with Crippen molar-refractivity contribution in [3.8, 4) is 5.88 Å². The predicted octanol–water partition coefficient (Wildman–Crippen LogP) is 3.31. The molecular weight excluding hydrogens is 477 g/mol. The molecule has 1 fully saturated rings. The Bertz CT molecular complexity index is 773. The van der Waals surface area contributed by atoms with E-state index in [2.05, 4.69) is 31.6 Å². The van der Waals surface area contributed by atoms with Gasteiger partial charge in [0.1, 0.15) is 0 Å². The molecule has 3 rings (SSSR count). The summed E-state index contributed by atoms with van der Waals surface area (Å²) in [6, 6.07) is 14.0. The highest BCUT2D eigenvalue weighted by Crippen LogP contribution is 2.23. The zero-order valence-corrected chi connectivity index (χ0v) is 18.6. The third kappa shape index (κ3) is 6.14. The maximum atomic E-state index is 6.10. The Kier molecular flexibility index (Phi) is 8.43. The Balaban J connectivity index is 0.00000261. The largest absolute Gasteiger partial charge is 0.481 e. The fourth-order valence-electron chi connectivity index (χ4n) is 3.02. The van der Waals surface area contributed by atoms with Crippen LogP contribution in [0, 0.1) is 0 Å². The van der Waals surface area contributed by atoms with Gasteiger partial charge in [-0.2, -0.15) is 0 Å². The Morgan fingerprint density at radius 2 is 2.15 bits per heavy atom. The van der Waals surface area contributed by atoms with Gasteiger partial charge in [0, 0.05) is 43.0 Å². The van der Waals surface area contributed by atoms with Crippen molar-refractivity contribution in [3.05, 3.63) is 53.2 Å². The summed E-state index contributed by atoms with van der Waals surface area (Å²) in [6.45, 7) is 2.49. The minimum absolute atomic E-state index is 0. The van der Waals surface area contributed by atoms with Gasteiger partial charge in [-0.25, -0.2) is 4.98 Å². The zero-order valence-electron chi connectivity index (χ0n) is 15.5. The number of anilines is 1. The first kappa shape index (κ1) is 21.6. The number of benzene rings is 1. The second-order valence-electron chi connectivity index (χ2n) is 6.15. The molecule has 1 atom stereocenters. The number of hydrogen-bond donors (Lipinski definition) is 2. The van der Waals surface area contributed by atoms with Crippen molar-refractivity contribution in [1.29, 1.82) is 0 Å². The van der Waals surface area contributed by atoms with Gasteiger partial charge < -0.3 is 20.3 Å². The standard InChI is InChI=1S/C19H24ClN5O.HI/c1-21-19(22-12-15-6-4-8-18(23-15)26-2)24-16-9-10-25(13-16)17-7-3-5-14(20)11-17;/h3-8,11,16H,9-10,12-13H2,1-2H3,(H2,21,22,24);1H. The summed E-state index contributed by atoms with van der Waals surface area (Å²) < 4.78 is 5.16. The van der Waals surface area contributed by atoms with E-state index in [9.17, 15) is 0 Å². The molecule has 0 aliphatic carbocycles. The van der Waals surface area contributed by atoms with Gasteiger partial charge in [-0.05, 0) is 30.7 Å². The van der Waals surface area contributed by atoms with Crippen LogP contribution in [0.25, 0.3) is 0 Å². The van der Waals surface area contributed by atoms with Gasteiger partial charge in [0.15, 0.2) is 5.96 Å². The van der Waals surface area contributed by atoms with Gasteiger partial charge in [-0.15, -0.1) is 24.0 Å². The van der Waals surface area contributed by atoms with E-state index in [1.54, 1.807) is 14.2 Å². The van der Waals surface area contributed by atoms with Gasteiger partial charge in [-0.1, -0.05) is 23.7 Å². The van der Waals surface area contributed by atoms with E-state index in [4.69, 9.17) is 16.3 Å². The zero-order chi connectivity index (χ0) is 18.4. The molecule has 27 heavy (non-hydrogen) atoms. The molecule has 0 bridgehead atoms. The molecule has 1 saturated heterocycles. The highest BCUT2D eigenvalue weighted by Gasteiger charge is 2.23. The molecule has 146 valence electrons. The molecule has 1 aromatic heterocycles. The molecule has 0 radical (unpaired) electrons. The lowest BCUT2D eigenvalue weighted by Gasteiger charge is -2.20. The number of ether oxygens (including phenoxy) is 1. The van der Waals surface area contributed by atoms with E-state index in [0.29, 0.717) is 18.5 Å². The van der Waals surface area contributed by atoms with Crippen LogP contribution in [-0.4, -0.2) is 44.2 Å². The Labute approximate surface area is 182 Å². The van der Waals surface area contributed by atoms with E-state index in [1.165, 1.54) is 0 Å². The number of aliphatic imine (C=N–C) groups is 1. The van der Waals surface area contributed by atoms with Crippen molar-refractivity contribution in [2.24, 2.45) is 4.99 Å². The van der Waals surface area contributed by atoms with Crippen LogP contribution in [0.2, 0.25) is 5.02 Å². The van der Waals surface area contributed by atoms with E-state index in [1.807, 2.05) is 36.4 Å². The number of hydrogen-bond acceptors (Lipinski definition) is 4. The van der Waals surface area contributed by atoms with E-state index in [-0.39, 0.29) is 24.0 Å². The highest BCUT2D eigenvalue weighted by atomic mass is 127. The molecule has 1 unspecified atom stereocenters. The number of guanidine groups is 1. The molecule has 0 amide bonds. The summed E-state index contributed by atoms with van der Waals surface area (Å²) in [5.74, 6) is 1.38. The van der Waals surface area contributed by atoms with Gasteiger partial charge in [0.25, 0.3) is 0 Å².